The molecule has 0 saturated heterocycles. The van der Waals surface area contributed by atoms with Crippen molar-refractivity contribution in [2.75, 3.05) is 0 Å². The Hall–Kier alpha value is -2.04. The number of aromatic nitrogens is 3. The van der Waals surface area contributed by atoms with Gasteiger partial charge in [-0.25, -0.2) is 0 Å². The van der Waals surface area contributed by atoms with Gasteiger partial charge < -0.3 is 5.11 Å². The molecule has 3 N–H and O–H groups in total. The lowest BCUT2D eigenvalue weighted by atomic mass is 10.2. The van der Waals surface area contributed by atoms with Crippen LogP contribution in [-0.2, 0) is 21.3 Å². The van der Waals surface area contributed by atoms with Crippen molar-refractivity contribution in [3.05, 3.63) is 34.9 Å². The fraction of sp³-hybridized carbons (Fsp3) is 0.182. The minimum absolute atomic E-state index is 0.108. The summed E-state index contributed by atoms with van der Waals surface area (Å²) in [6.45, 7) is 0. The van der Waals surface area contributed by atoms with Crippen LogP contribution < -0.4 is 0 Å². The van der Waals surface area contributed by atoms with E-state index in [1.165, 1.54) is 28.8 Å². The average molecular weight is 329 g/mol. The van der Waals surface area contributed by atoms with Crippen molar-refractivity contribution in [2.24, 2.45) is 0 Å². The lowest BCUT2D eigenvalue weighted by Gasteiger charge is -2.06. The van der Waals surface area contributed by atoms with Crippen LogP contribution in [-0.4, -0.2) is 38.8 Å². The summed E-state index contributed by atoms with van der Waals surface area (Å²) in [4.78, 5) is 10.4. The van der Waals surface area contributed by atoms with Gasteiger partial charge in [0.15, 0.2) is 4.77 Å². The van der Waals surface area contributed by atoms with E-state index < -0.39 is 16.1 Å². The maximum atomic E-state index is 11.0. The average Bonchev–Trinajstić information content (AvgIpc) is 2.76. The summed E-state index contributed by atoms with van der Waals surface area (Å²) < 4.78 is 32.7. The second-order valence-corrected chi connectivity index (χ2v) is 5.95. The van der Waals surface area contributed by atoms with Gasteiger partial charge in [-0.15, -0.1) is 0 Å². The number of aromatic amines is 1. The Morgan fingerprint density at radius 1 is 1.33 bits per heavy atom. The zero-order chi connectivity index (χ0) is 15.6. The van der Waals surface area contributed by atoms with Gasteiger partial charge in [0.25, 0.3) is 10.1 Å². The number of aryl methyl sites for hydroxylation is 1. The molecule has 8 nitrogen and oxygen atoms in total. The lowest BCUT2D eigenvalue weighted by molar-refractivity contribution is -0.137. The predicted octanol–water partition coefficient (Wildman–Crippen LogP) is 1.19. The van der Waals surface area contributed by atoms with E-state index in [1.807, 2.05) is 0 Å². The highest BCUT2D eigenvalue weighted by molar-refractivity contribution is 7.85. The highest BCUT2D eigenvalue weighted by Crippen LogP contribution is 2.16. The van der Waals surface area contributed by atoms with E-state index in [0.29, 0.717) is 11.5 Å². The van der Waals surface area contributed by atoms with Crippen LogP contribution in [0.5, 0.6) is 0 Å². The van der Waals surface area contributed by atoms with Crippen LogP contribution in [0.25, 0.3) is 5.69 Å². The Labute approximate surface area is 124 Å². The van der Waals surface area contributed by atoms with E-state index in [4.69, 9.17) is 21.9 Å². The number of benzene rings is 1. The number of nitrogens with zero attached hydrogens (tertiary/aromatic N) is 2. The van der Waals surface area contributed by atoms with Crippen LogP contribution in [0.1, 0.15) is 12.2 Å². The SMILES string of the molecule is O=C(O)CCc1n[nH]c(=S)n1-c1ccc(S(=O)(=O)O)cc1. The van der Waals surface area contributed by atoms with E-state index in [2.05, 4.69) is 10.2 Å². The second kappa shape index (κ2) is 5.76. The van der Waals surface area contributed by atoms with Crippen molar-refractivity contribution < 1.29 is 22.9 Å². The Morgan fingerprint density at radius 2 is 1.95 bits per heavy atom. The molecule has 0 atom stereocenters. The number of carbonyl (C=O) groups is 1. The number of hydrogen-bond acceptors (Lipinski definition) is 5. The first-order valence-electron chi connectivity index (χ1n) is 5.75. The monoisotopic (exact) mass is 329 g/mol. The quantitative estimate of drug-likeness (QED) is 0.556. The zero-order valence-corrected chi connectivity index (χ0v) is 12.2. The van der Waals surface area contributed by atoms with Gasteiger partial charge in [0.05, 0.1) is 11.3 Å². The molecule has 21 heavy (non-hydrogen) atoms. The fourth-order valence-electron chi connectivity index (χ4n) is 1.75. The number of rotatable bonds is 5. The molecule has 1 aromatic heterocycles. The molecule has 0 aliphatic heterocycles. The number of carboxylic acid groups (broad SMARTS) is 1. The van der Waals surface area contributed by atoms with Crippen molar-refractivity contribution >= 4 is 28.3 Å². The molecule has 1 aromatic carbocycles. The van der Waals surface area contributed by atoms with Crippen LogP contribution in [0.2, 0.25) is 0 Å². The topological polar surface area (TPSA) is 125 Å². The van der Waals surface area contributed by atoms with E-state index in [0.717, 1.165) is 0 Å². The van der Waals surface area contributed by atoms with Gasteiger partial charge in [-0.2, -0.15) is 13.5 Å². The standard InChI is InChI=1S/C11H11N3O5S2/c15-10(16)6-5-9-12-13-11(20)14(9)7-1-3-8(4-2-7)21(17,18)19/h1-4H,5-6H2,(H,13,20)(H,15,16)(H,17,18,19). The highest BCUT2D eigenvalue weighted by atomic mass is 32.2. The summed E-state index contributed by atoms with van der Waals surface area (Å²) in [7, 11) is -4.27. The third-order valence-electron chi connectivity index (χ3n) is 2.70. The van der Waals surface area contributed by atoms with E-state index >= 15 is 0 Å². The van der Waals surface area contributed by atoms with Crippen LogP contribution >= 0.6 is 12.2 Å². The number of carboxylic acids is 1. The lowest BCUT2D eigenvalue weighted by Crippen LogP contribution is -2.06. The van der Waals surface area contributed by atoms with Crippen LogP contribution in [0, 0.1) is 4.77 Å². The van der Waals surface area contributed by atoms with Crippen molar-refractivity contribution in [3.63, 3.8) is 0 Å². The van der Waals surface area contributed by atoms with Gasteiger partial charge in [-0.1, -0.05) is 0 Å². The molecule has 0 aliphatic rings. The number of nitrogens with one attached hydrogen (secondary N) is 1. The summed E-state index contributed by atoms with van der Waals surface area (Å²) >= 11 is 5.07. The molecular weight excluding hydrogens is 318 g/mol. The summed E-state index contributed by atoms with van der Waals surface area (Å²) in [5.41, 5.74) is 0.515. The Morgan fingerprint density at radius 3 is 2.48 bits per heavy atom. The normalized spacial score (nSPS) is 11.5. The van der Waals surface area contributed by atoms with Crippen molar-refractivity contribution in [2.45, 2.75) is 17.7 Å². The Balaban J connectivity index is 2.40. The molecule has 0 spiro atoms. The second-order valence-electron chi connectivity index (χ2n) is 4.14. The van der Waals surface area contributed by atoms with Gasteiger partial charge in [0, 0.05) is 12.1 Å². The van der Waals surface area contributed by atoms with Crippen molar-refractivity contribution in [3.8, 4) is 5.69 Å². The summed E-state index contributed by atoms with van der Waals surface area (Å²) in [6, 6.07) is 5.33. The van der Waals surface area contributed by atoms with E-state index in [-0.39, 0.29) is 22.5 Å². The van der Waals surface area contributed by atoms with Gasteiger partial charge in [0.1, 0.15) is 5.82 Å². The number of H-pyrrole nitrogens is 1. The molecule has 112 valence electrons. The zero-order valence-electron chi connectivity index (χ0n) is 10.6. The van der Waals surface area contributed by atoms with E-state index in [9.17, 15) is 13.2 Å². The van der Waals surface area contributed by atoms with Crippen molar-refractivity contribution in [1.82, 2.24) is 14.8 Å². The van der Waals surface area contributed by atoms with Crippen LogP contribution in [0.3, 0.4) is 0 Å². The molecule has 0 bridgehead atoms. The molecule has 2 rings (SSSR count). The largest absolute Gasteiger partial charge is 0.481 e. The molecule has 0 saturated carbocycles. The molecule has 2 aromatic rings. The molecule has 0 fully saturated rings. The molecule has 0 radical (unpaired) electrons. The number of aliphatic carboxylic acids is 1. The fourth-order valence-corrected chi connectivity index (χ4v) is 2.49. The summed E-state index contributed by atoms with van der Waals surface area (Å²) in [5.74, 6) is -0.542. The highest BCUT2D eigenvalue weighted by Gasteiger charge is 2.12. The van der Waals surface area contributed by atoms with Crippen molar-refractivity contribution in [1.29, 1.82) is 0 Å². The third kappa shape index (κ3) is 3.54. The first-order valence-corrected chi connectivity index (χ1v) is 7.60. The van der Waals surface area contributed by atoms with Gasteiger partial charge in [-0.3, -0.25) is 19.0 Å². The maximum Gasteiger partial charge on any atom is 0.303 e. The van der Waals surface area contributed by atoms with Gasteiger partial charge in [-0.05, 0) is 36.5 Å². The number of hydrogen-bond donors (Lipinski definition) is 3. The first-order chi connectivity index (χ1) is 9.79. The smallest absolute Gasteiger partial charge is 0.303 e. The van der Waals surface area contributed by atoms with Gasteiger partial charge >= 0.3 is 5.97 Å². The summed E-state index contributed by atoms with van der Waals surface area (Å²) in [6.07, 6.45) is 0.0608. The first kappa shape index (κ1) is 15.4. The minimum atomic E-state index is -4.27. The van der Waals surface area contributed by atoms with Crippen LogP contribution in [0.4, 0.5) is 0 Å². The molecule has 0 unspecified atom stereocenters. The van der Waals surface area contributed by atoms with E-state index in [1.54, 1.807) is 0 Å². The Bertz CT molecular complexity index is 820. The third-order valence-corrected chi connectivity index (χ3v) is 3.84. The van der Waals surface area contributed by atoms with Crippen LogP contribution in [0.15, 0.2) is 29.2 Å². The predicted molar refractivity (Wildman–Crippen MR) is 74.5 cm³/mol. The maximum absolute atomic E-state index is 11.0. The Kier molecular flexibility index (Phi) is 4.21. The molecular formula is C11H11N3O5S2. The van der Waals surface area contributed by atoms with Gasteiger partial charge in [0.2, 0.25) is 0 Å². The minimum Gasteiger partial charge on any atom is -0.481 e. The molecule has 10 heteroatoms. The molecule has 0 amide bonds. The molecule has 0 aliphatic carbocycles. The summed E-state index contributed by atoms with van der Waals surface area (Å²) in [5, 5.41) is 15.2. The molecule has 1 heterocycles.